The number of rotatable bonds is 4. The molecule has 1 aromatic carbocycles. The zero-order valence-corrected chi connectivity index (χ0v) is 15.0. The second-order valence-corrected chi connectivity index (χ2v) is 7.37. The Bertz CT molecular complexity index is 739. The second-order valence-electron chi connectivity index (χ2n) is 6.05. The van der Waals surface area contributed by atoms with Crippen molar-refractivity contribution in [3.05, 3.63) is 44.9 Å². The van der Waals surface area contributed by atoms with Gasteiger partial charge in [-0.3, -0.25) is 4.99 Å². The summed E-state index contributed by atoms with van der Waals surface area (Å²) < 4.78 is 0. The van der Waals surface area contributed by atoms with Crippen molar-refractivity contribution >= 4 is 17.3 Å². The summed E-state index contributed by atoms with van der Waals surface area (Å²) in [5, 5.41) is 17.9. The van der Waals surface area contributed by atoms with Crippen molar-refractivity contribution in [2.45, 2.75) is 45.7 Å². The van der Waals surface area contributed by atoms with Crippen molar-refractivity contribution < 1.29 is 5.11 Å². The van der Waals surface area contributed by atoms with E-state index in [0.29, 0.717) is 18.8 Å². The van der Waals surface area contributed by atoms with Gasteiger partial charge in [-0.25, -0.2) is 4.98 Å². The molecule has 0 bridgehead atoms. The van der Waals surface area contributed by atoms with Crippen LogP contribution in [0.5, 0.6) is 5.75 Å². The lowest BCUT2D eigenvalue weighted by Gasteiger charge is -2.21. The number of hydrogen-bond acceptors (Lipinski definition) is 4. The Kier molecular flexibility index (Phi) is 5.35. The number of phenols is 1. The van der Waals surface area contributed by atoms with Crippen LogP contribution < -0.4 is 10.6 Å². The normalized spacial score (nSPS) is 14.3. The average molecular weight is 344 g/mol. The number of nitrogens with one attached hydrogen (secondary N) is 2. The third-order valence-corrected chi connectivity index (χ3v) is 5.27. The van der Waals surface area contributed by atoms with Crippen molar-refractivity contribution in [3.8, 4) is 5.75 Å². The van der Waals surface area contributed by atoms with E-state index in [4.69, 9.17) is 0 Å². The van der Waals surface area contributed by atoms with Crippen LogP contribution in [0.25, 0.3) is 0 Å². The van der Waals surface area contributed by atoms with Crippen molar-refractivity contribution in [3.63, 3.8) is 0 Å². The highest BCUT2D eigenvalue weighted by molar-refractivity contribution is 7.11. The van der Waals surface area contributed by atoms with E-state index < -0.39 is 0 Å². The fourth-order valence-electron chi connectivity index (χ4n) is 3.12. The molecular weight excluding hydrogens is 320 g/mol. The topological polar surface area (TPSA) is 69.5 Å². The van der Waals surface area contributed by atoms with Crippen LogP contribution in [0.4, 0.5) is 0 Å². The molecule has 6 heteroatoms. The van der Waals surface area contributed by atoms with Gasteiger partial charge in [-0.1, -0.05) is 6.07 Å². The summed E-state index contributed by atoms with van der Waals surface area (Å²) in [6, 6.07) is 3.88. The van der Waals surface area contributed by atoms with Crippen molar-refractivity contribution in [1.82, 2.24) is 15.6 Å². The lowest BCUT2D eigenvalue weighted by molar-refractivity contribution is 0.464. The van der Waals surface area contributed by atoms with E-state index in [0.717, 1.165) is 29.4 Å². The van der Waals surface area contributed by atoms with Crippen molar-refractivity contribution in [2.24, 2.45) is 4.99 Å². The van der Waals surface area contributed by atoms with E-state index in [1.807, 2.05) is 12.3 Å². The molecule has 0 saturated heterocycles. The van der Waals surface area contributed by atoms with Gasteiger partial charge in [0.05, 0.1) is 6.54 Å². The molecule has 24 heavy (non-hydrogen) atoms. The summed E-state index contributed by atoms with van der Waals surface area (Å²) in [7, 11) is 1.75. The maximum absolute atomic E-state index is 10.3. The van der Waals surface area contributed by atoms with Gasteiger partial charge in [0.25, 0.3) is 0 Å². The van der Waals surface area contributed by atoms with Gasteiger partial charge in [0.2, 0.25) is 0 Å². The lowest BCUT2D eigenvalue weighted by atomic mass is 9.88. The van der Waals surface area contributed by atoms with Crippen LogP contribution in [-0.2, 0) is 25.9 Å². The molecule has 3 rings (SSSR count). The van der Waals surface area contributed by atoms with Crippen LogP contribution >= 0.6 is 11.3 Å². The number of phenolic OH excluding ortho intramolecular Hbond substituents is 1. The molecule has 3 N–H and O–H groups in total. The van der Waals surface area contributed by atoms with Gasteiger partial charge in [0.15, 0.2) is 5.96 Å². The van der Waals surface area contributed by atoms with Crippen LogP contribution in [0.3, 0.4) is 0 Å². The Morgan fingerprint density at radius 2 is 2.04 bits per heavy atom. The molecule has 0 fully saturated rings. The van der Waals surface area contributed by atoms with Gasteiger partial charge in [0, 0.05) is 30.2 Å². The van der Waals surface area contributed by atoms with Crippen LogP contribution in [0.1, 0.15) is 39.4 Å². The minimum atomic E-state index is 0.370. The first-order chi connectivity index (χ1) is 11.7. The molecule has 0 atom stereocenters. The SMILES string of the molecule is CN=C(NCc1ncc(C)s1)NCc1c(O)ccc2c1CCCC2. The van der Waals surface area contributed by atoms with E-state index in [1.165, 1.54) is 28.8 Å². The van der Waals surface area contributed by atoms with E-state index in [9.17, 15) is 5.11 Å². The zero-order chi connectivity index (χ0) is 16.9. The monoisotopic (exact) mass is 344 g/mol. The van der Waals surface area contributed by atoms with Crippen molar-refractivity contribution in [2.75, 3.05) is 7.05 Å². The van der Waals surface area contributed by atoms with Crippen LogP contribution in [0, 0.1) is 6.92 Å². The van der Waals surface area contributed by atoms with Crippen molar-refractivity contribution in [1.29, 1.82) is 0 Å². The number of guanidine groups is 1. The summed E-state index contributed by atoms with van der Waals surface area (Å²) in [6.07, 6.45) is 6.47. The van der Waals surface area contributed by atoms with Gasteiger partial charge in [-0.15, -0.1) is 11.3 Å². The molecule has 1 aliphatic carbocycles. The molecule has 0 spiro atoms. The first-order valence-electron chi connectivity index (χ1n) is 8.36. The fraction of sp³-hybridized carbons (Fsp3) is 0.444. The van der Waals surface area contributed by atoms with Crippen LogP contribution in [-0.4, -0.2) is 23.1 Å². The summed E-state index contributed by atoms with van der Waals surface area (Å²) in [4.78, 5) is 9.81. The maximum atomic E-state index is 10.3. The van der Waals surface area contributed by atoms with Gasteiger partial charge >= 0.3 is 0 Å². The molecule has 0 aliphatic heterocycles. The van der Waals surface area contributed by atoms with E-state index >= 15 is 0 Å². The van der Waals surface area contributed by atoms with Crippen LogP contribution in [0.15, 0.2) is 23.3 Å². The number of aromatic nitrogens is 1. The number of nitrogens with zero attached hydrogens (tertiary/aromatic N) is 2. The molecule has 2 aromatic rings. The molecule has 1 aliphatic rings. The molecule has 0 amide bonds. The number of benzene rings is 1. The summed E-state index contributed by atoms with van der Waals surface area (Å²) in [6.45, 7) is 3.28. The highest BCUT2D eigenvalue weighted by atomic mass is 32.1. The van der Waals surface area contributed by atoms with Crippen LogP contribution in [0.2, 0.25) is 0 Å². The smallest absolute Gasteiger partial charge is 0.191 e. The second kappa shape index (κ2) is 7.66. The number of aromatic hydroxyl groups is 1. The molecule has 5 nitrogen and oxygen atoms in total. The number of aliphatic imine (C=N–C) groups is 1. The third-order valence-electron chi connectivity index (χ3n) is 4.36. The molecular formula is C18H24N4OS. The summed E-state index contributed by atoms with van der Waals surface area (Å²) in [5.74, 6) is 1.09. The molecule has 1 heterocycles. The molecule has 128 valence electrons. The maximum Gasteiger partial charge on any atom is 0.191 e. The Hall–Kier alpha value is -2.08. The molecule has 0 unspecified atom stereocenters. The van der Waals surface area contributed by atoms with Gasteiger partial charge in [-0.2, -0.15) is 0 Å². The average Bonchev–Trinajstić information content (AvgIpc) is 3.02. The standard InChI is InChI=1S/C18H24N4OS/c1-12-9-20-17(24-12)11-22-18(19-2)21-10-15-14-6-4-3-5-13(14)7-8-16(15)23/h7-9,23H,3-6,10-11H2,1-2H3,(H2,19,21,22). The largest absolute Gasteiger partial charge is 0.508 e. The first kappa shape index (κ1) is 16.8. The van der Waals surface area contributed by atoms with E-state index in [-0.39, 0.29) is 0 Å². The Morgan fingerprint density at radius 3 is 2.79 bits per heavy atom. The fourth-order valence-corrected chi connectivity index (χ4v) is 3.85. The number of fused-ring (bicyclic) bond motifs is 1. The van der Waals surface area contributed by atoms with Gasteiger partial charge < -0.3 is 15.7 Å². The zero-order valence-electron chi connectivity index (χ0n) is 14.2. The number of thiazole rings is 1. The third kappa shape index (κ3) is 3.87. The molecule has 0 saturated carbocycles. The predicted octanol–water partition coefficient (Wildman–Crippen LogP) is 2.90. The summed E-state index contributed by atoms with van der Waals surface area (Å²) >= 11 is 1.68. The van der Waals surface area contributed by atoms with E-state index in [2.05, 4.69) is 33.6 Å². The minimum absolute atomic E-state index is 0.370. The lowest BCUT2D eigenvalue weighted by Crippen LogP contribution is -2.36. The van der Waals surface area contributed by atoms with Gasteiger partial charge in [-0.05, 0) is 49.8 Å². The number of hydrogen-bond donors (Lipinski definition) is 3. The first-order valence-corrected chi connectivity index (χ1v) is 9.17. The van der Waals surface area contributed by atoms with Gasteiger partial charge in [0.1, 0.15) is 10.8 Å². The summed E-state index contributed by atoms with van der Waals surface area (Å²) in [5.41, 5.74) is 3.68. The van der Waals surface area contributed by atoms with E-state index in [1.54, 1.807) is 18.4 Å². The number of aryl methyl sites for hydroxylation is 2. The Morgan fingerprint density at radius 1 is 1.25 bits per heavy atom. The Labute approximate surface area is 146 Å². The molecule has 0 radical (unpaired) electrons. The quantitative estimate of drug-likeness (QED) is 0.589. The predicted molar refractivity (Wildman–Crippen MR) is 98.6 cm³/mol. The molecule has 1 aromatic heterocycles. The highest BCUT2D eigenvalue weighted by Gasteiger charge is 2.16. The minimum Gasteiger partial charge on any atom is -0.508 e. The Balaban J connectivity index is 1.63. The highest BCUT2D eigenvalue weighted by Crippen LogP contribution is 2.30.